The summed E-state index contributed by atoms with van der Waals surface area (Å²) in [6.45, 7) is 15.5. The second kappa shape index (κ2) is 15.9. The Morgan fingerprint density at radius 1 is 0.768 bits per heavy atom. The van der Waals surface area contributed by atoms with Gasteiger partial charge in [-0.3, -0.25) is 0 Å². The molecule has 4 saturated carbocycles. The van der Waals surface area contributed by atoms with Gasteiger partial charge in [0.15, 0.2) is 12.6 Å². The lowest BCUT2D eigenvalue weighted by Crippen LogP contribution is -2.71. The van der Waals surface area contributed by atoms with Gasteiger partial charge in [0, 0.05) is 0 Å². The highest BCUT2D eigenvalue weighted by atomic mass is 16.8. The summed E-state index contributed by atoms with van der Waals surface area (Å²) >= 11 is 0. The number of aliphatic hydroxyl groups excluding tert-OH is 9. The molecule has 10 N–H and O–H groups in total. The fourth-order valence-electron chi connectivity index (χ4n) is 13.4. The first-order valence-corrected chi connectivity index (χ1v) is 21.0. The predicted molar refractivity (Wildman–Crippen MR) is 202 cm³/mol. The molecule has 2 aliphatic heterocycles. The quantitative estimate of drug-likeness (QED) is 0.110. The van der Waals surface area contributed by atoms with Crippen LogP contribution in [0.4, 0.5) is 0 Å². The molecule has 56 heavy (non-hydrogen) atoms. The first-order valence-electron chi connectivity index (χ1n) is 21.0. The maximum absolute atomic E-state index is 12.3. The molecule has 0 unspecified atom stereocenters. The van der Waals surface area contributed by atoms with Gasteiger partial charge in [0.05, 0.1) is 37.1 Å². The van der Waals surface area contributed by atoms with Crippen LogP contribution >= 0.6 is 0 Å². The van der Waals surface area contributed by atoms with Crippen molar-refractivity contribution in [2.45, 2.75) is 192 Å². The van der Waals surface area contributed by atoms with Crippen molar-refractivity contribution in [3.8, 4) is 0 Å². The van der Waals surface area contributed by atoms with E-state index in [-0.39, 0.29) is 23.7 Å². The van der Waals surface area contributed by atoms with E-state index in [1.807, 2.05) is 34.6 Å². The number of rotatable bonds is 10. The van der Waals surface area contributed by atoms with Crippen LogP contribution in [-0.4, -0.2) is 150 Å². The summed E-state index contributed by atoms with van der Waals surface area (Å²) in [5.41, 5.74) is -1.85. The molecule has 2 heterocycles. The zero-order valence-corrected chi connectivity index (χ0v) is 34.6. The highest BCUT2D eigenvalue weighted by molar-refractivity contribution is 5.22. The average molecular weight is 801 g/mol. The minimum atomic E-state index is -1.81. The van der Waals surface area contributed by atoms with Crippen molar-refractivity contribution in [1.29, 1.82) is 0 Å². The van der Waals surface area contributed by atoms with Gasteiger partial charge in [0.2, 0.25) is 0 Å². The monoisotopic (exact) mass is 800 g/mol. The molecule has 0 amide bonds. The van der Waals surface area contributed by atoms with Gasteiger partial charge in [-0.25, -0.2) is 0 Å². The van der Waals surface area contributed by atoms with E-state index < -0.39 is 120 Å². The molecular weight excluding hydrogens is 728 g/mol. The summed E-state index contributed by atoms with van der Waals surface area (Å²) in [7, 11) is 0. The van der Waals surface area contributed by atoms with Crippen molar-refractivity contribution in [2.75, 3.05) is 13.2 Å². The van der Waals surface area contributed by atoms with Crippen molar-refractivity contribution in [2.24, 2.45) is 45.3 Å². The van der Waals surface area contributed by atoms with E-state index in [2.05, 4.69) is 26.8 Å². The van der Waals surface area contributed by atoms with Gasteiger partial charge in [0.1, 0.15) is 48.8 Å². The highest BCUT2D eigenvalue weighted by Crippen LogP contribution is 2.76. The third kappa shape index (κ3) is 7.16. The second-order valence-electron chi connectivity index (χ2n) is 20.3. The van der Waals surface area contributed by atoms with Crippen molar-refractivity contribution >= 4 is 0 Å². The molecule has 0 aromatic carbocycles. The topological polar surface area (TPSA) is 239 Å². The van der Waals surface area contributed by atoms with Gasteiger partial charge < -0.3 is 70.0 Å². The molecule has 0 bridgehead atoms. The zero-order valence-electron chi connectivity index (χ0n) is 34.6. The Morgan fingerprint density at radius 3 is 1.98 bits per heavy atom. The van der Waals surface area contributed by atoms with Crippen molar-refractivity contribution in [1.82, 2.24) is 0 Å². The molecule has 0 aromatic rings. The first kappa shape index (κ1) is 44.7. The molecule has 21 atom stereocenters. The molecule has 14 nitrogen and oxygen atoms in total. The molecule has 6 aliphatic rings. The minimum absolute atomic E-state index is 0.0169. The maximum Gasteiger partial charge on any atom is 0.187 e. The lowest BCUT2D eigenvalue weighted by atomic mass is 9.34. The van der Waals surface area contributed by atoms with Crippen molar-refractivity contribution < 1.29 is 70.0 Å². The van der Waals surface area contributed by atoms with E-state index in [1.54, 1.807) is 0 Å². The Labute approximate surface area is 331 Å². The highest BCUT2D eigenvalue weighted by Gasteiger charge is 2.73. The van der Waals surface area contributed by atoms with Crippen LogP contribution in [0.2, 0.25) is 0 Å². The van der Waals surface area contributed by atoms with E-state index in [4.69, 9.17) is 18.9 Å². The SMILES string of the molecule is CC(C)=CCC[C@](C)(O)[C@H]1CC[C@]2(C)[C@@H]1[C@@H](O)C[C@H]1[C@@]3(C)CC[C@@H](O)C(C)(C)[C@@H]3[C@@H](O[C@H]3O[C@H](CO)[C@@H](O)[C@@H](O)[C@H]3O[C@H]3O[C@H](CO)[C@@H](O)[C@@H](O)[C@H]3O)C[C@]12C. The summed E-state index contributed by atoms with van der Waals surface area (Å²) in [6, 6.07) is 0. The van der Waals surface area contributed by atoms with Gasteiger partial charge >= 0.3 is 0 Å². The Morgan fingerprint density at radius 2 is 1.38 bits per heavy atom. The van der Waals surface area contributed by atoms with Crippen LogP contribution in [0, 0.1) is 45.3 Å². The molecule has 324 valence electrons. The molecule has 0 spiro atoms. The largest absolute Gasteiger partial charge is 0.394 e. The lowest BCUT2D eigenvalue weighted by molar-refractivity contribution is -0.383. The molecule has 0 radical (unpaired) electrons. The van der Waals surface area contributed by atoms with Crippen molar-refractivity contribution in [3.63, 3.8) is 0 Å². The summed E-state index contributed by atoms with van der Waals surface area (Å²) < 4.78 is 24.9. The normalized spacial score (nSPS) is 52.6. The standard InChI is InChI=1S/C42H72O14/c1-20(2)10-9-13-42(8,52)21-11-15-40(6)28(21)22(45)16-26-39(5)14-12-27(46)38(3,4)35(39)23(17-41(26,40)7)53-37-34(32(50)30(48)25(19-44)55-37)56-36-33(51)31(49)29(47)24(18-43)54-36/h10,21-37,43-52H,9,11-19H2,1-8H3/t21-,22-,23-,24+,25+,26-,27+,28-,29+,30+,31+,32+,33+,34+,35-,36+,37-,39+,40+,41+,42-/m0/s1. The smallest absolute Gasteiger partial charge is 0.187 e. The van der Waals surface area contributed by atoms with Crippen LogP contribution in [0.15, 0.2) is 11.6 Å². The third-order valence-electron chi connectivity index (χ3n) is 16.5. The lowest BCUT2D eigenvalue weighted by Gasteiger charge is -2.72. The molecular formula is C42H72O14. The average Bonchev–Trinajstić information content (AvgIpc) is 3.51. The fourth-order valence-corrected chi connectivity index (χ4v) is 13.4. The Balaban J connectivity index is 1.38. The van der Waals surface area contributed by atoms with E-state index in [0.717, 1.165) is 19.3 Å². The molecule has 0 aromatic heterocycles. The number of ether oxygens (including phenoxy) is 4. The molecule has 6 rings (SSSR count). The predicted octanol–water partition coefficient (Wildman–Crippen LogP) is 1.12. The van der Waals surface area contributed by atoms with Crippen LogP contribution in [0.5, 0.6) is 0 Å². The molecule has 14 heteroatoms. The van der Waals surface area contributed by atoms with E-state index in [0.29, 0.717) is 32.1 Å². The van der Waals surface area contributed by atoms with Crippen LogP contribution in [0.25, 0.3) is 0 Å². The maximum atomic E-state index is 12.3. The number of hydrogen-bond donors (Lipinski definition) is 10. The van der Waals surface area contributed by atoms with Gasteiger partial charge in [-0.15, -0.1) is 0 Å². The third-order valence-corrected chi connectivity index (χ3v) is 16.5. The van der Waals surface area contributed by atoms with Crippen LogP contribution in [0.3, 0.4) is 0 Å². The summed E-state index contributed by atoms with van der Waals surface area (Å²) in [5, 5.41) is 110. The molecule has 6 fully saturated rings. The zero-order chi connectivity index (χ0) is 41.5. The molecule has 4 aliphatic carbocycles. The number of hydrogen-bond acceptors (Lipinski definition) is 14. The Hall–Kier alpha value is -0.820. The van der Waals surface area contributed by atoms with Crippen LogP contribution < -0.4 is 0 Å². The van der Waals surface area contributed by atoms with E-state index >= 15 is 0 Å². The summed E-state index contributed by atoms with van der Waals surface area (Å²) in [6.07, 6.45) is -10.6. The summed E-state index contributed by atoms with van der Waals surface area (Å²) in [5.74, 6) is -0.623. The number of fused-ring (bicyclic) bond motifs is 5. The number of allylic oxidation sites excluding steroid dienone is 2. The van der Waals surface area contributed by atoms with Crippen LogP contribution in [-0.2, 0) is 18.9 Å². The molecule has 2 saturated heterocycles. The Kier molecular flexibility index (Phi) is 12.7. The van der Waals surface area contributed by atoms with Gasteiger partial charge in [-0.2, -0.15) is 0 Å². The van der Waals surface area contributed by atoms with Gasteiger partial charge in [-0.05, 0) is 117 Å². The van der Waals surface area contributed by atoms with E-state index in [1.165, 1.54) is 5.57 Å². The minimum Gasteiger partial charge on any atom is -0.394 e. The van der Waals surface area contributed by atoms with Gasteiger partial charge in [-0.1, -0.05) is 46.3 Å². The fraction of sp³-hybridized carbons (Fsp3) is 0.952. The van der Waals surface area contributed by atoms with E-state index in [9.17, 15) is 51.1 Å². The summed E-state index contributed by atoms with van der Waals surface area (Å²) in [4.78, 5) is 0. The first-order chi connectivity index (χ1) is 26.0. The number of aliphatic hydroxyl groups is 10. The van der Waals surface area contributed by atoms with Crippen LogP contribution in [0.1, 0.15) is 107 Å². The van der Waals surface area contributed by atoms with Crippen molar-refractivity contribution in [3.05, 3.63) is 11.6 Å². The Bertz CT molecular complexity index is 1400. The van der Waals surface area contributed by atoms with Gasteiger partial charge in [0.25, 0.3) is 0 Å². The second-order valence-corrected chi connectivity index (χ2v) is 20.3.